The van der Waals surface area contributed by atoms with E-state index in [2.05, 4.69) is 21.7 Å². The minimum atomic E-state index is 0.190. The second-order valence-electron chi connectivity index (χ2n) is 5.92. The smallest absolute Gasteiger partial charge is 0.236 e. The molecular weight excluding hydrogens is 334 g/mol. The second kappa shape index (κ2) is 8.60. The van der Waals surface area contributed by atoms with Gasteiger partial charge in [-0.05, 0) is 25.0 Å². The van der Waals surface area contributed by atoms with Gasteiger partial charge in [0.25, 0.3) is 0 Å². The zero-order chi connectivity index (χ0) is 17.5. The Morgan fingerprint density at radius 3 is 2.72 bits per heavy atom. The van der Waals surface area contributed by atoms with Crippen LogP contribution in [-0.4, -0.2) is 48.5 Å². The second-order valence-corrected chi connectivity index (χ2v) is 6.78. The van der Waals surface area contributed by atoms with E-state index in [-0.39, 0.29) is 5.91 Å². The highest BCUT2D eigenvalue weighted by Gasteiger charge is 2.16. The van der Waals surface area contributed by atoms with Crippen LogP contribution in [0.4, 0.5) is 5.13 Å². The third-order valence-electron chi connectivity index (χ3n) is 4.13. The summed E-state index contributed by atoms with van der Waals surface area (Å²) in [4.78, 5) is 18.4. The summed E-state index contributed by atoms with van der Waals surface area (Å²) < 4.78 is 0. The van der Waals surface area contributed by atoms with Crippen molar-refractivity contribution in [3.63, 3.8) is 0 Å². The number of benzene rings is 1. The van der Waals surface area contributed by atoms with Crippen LogP contribution in [0, 0.1) is 11.3 Å². The largest absolute Gasteiger partial charge is 0.360 e. The number of thiazole rings is 1. The van der Waals surface area contributed by atoms with Crippen LogP contribution in [0.1, 0.15) is 18.4 Å². The van der Waals surface area contributed by atoms with E-state index in [4.69, 9.17) is 5.26 Å². The predicted molar refractivity (Wildman–Crippen MR) is 99.4 cm³/mol. The minimum Gasteiger partial charge on any atom is -0.360 e. The van der Waals surface area contributed by atoms with E-state index in [1.165, 1.54) is 0 Å². The Kier molecular flexibility index (Phi) is 5.99. The molecule has 2 heterocycles. The van der Waals surface area contributed by atoms with Crippen molar-refractivity contribution in [1.82, 2.24) is 15.2 Å². The van der Waals surface area contributed by atoms with Gasteiger partial charge in [-0.25, -0.2) is 4.98 Å². The van der Waals surface area contributed by atoms with Gasteiger partial charge >= 0.3 is 0 Å². The fraction of sp³-hybridized carbons (Fsp3) is 0.389. The topological polar surface area (TPSA) is 81.0 Å². The molecule has 1 aromatic heterocycles. The average Bonchev–Trinajstić information content (AvgIpc) is 3.33. The lowest BCUT2D eigenvalue weighted by atomic mass is 10.1. The van der Waals surface area contributed by atoms with Gasteiger partial charge in [-0.1, -0.05) is 12.1 Å². The fourth-order valence-corrected chi connectivity index (χ4v) is 3.48. The number of hydrogen-bond acceptors (Lipinski definition) is 6. The molecule has 2 aromatic rings. The summed E-state index contributed by atoms with van der Waals surface area (Å²) in [5.41, 5.74) is 2.54. The van der Waals surface area contributed by atoms with Gasteiger partial charge in [0, 0.05) is 37.1 Å². The van der Waals surface area contributed by atoms with Crippen molar-refractivity contribution in [1.29, 1.82) is 5.26 Å². The summed E-state index contributed by atoms with van der Waals surface area (Å²) in [7, 11) is 0. The molecule has 6 nitrogen and oxygen atoms in total. The van der Waals surface area contributed by atoms with E-state index in [0.29, 0.717) is 25.2 Å². The standard InChI is InChI=1S/C18H21N5OS/c19-11-14-3-5-15(6-4-14)16-13-25-18(22-16)21-8-7-20-12-17(24)23-9-1-2-10-23/h3-6,13,20H,1-2,7-10,12H2,(H,21,22). The molecule has 25 heavy (non-hydrogen) atoms. The number of nitrogens with one attached hydrogen (secondary N) is 2. The maximum Gasteiger partial charge on any atom is 0.236 e. The molecule has 1 aliphatic heterocycles. The molecular formula is C18H21N5OS. The molecule has 1 saturated heterocycles. The van der Waals surface area contributed by atoms with E-state index in [0.717, 1.165) is 42.3 Å². The van der Waals surface area contributed by atoms with Crippen LogP contribution >= 0.6 is 11.3 Å². The number of anilines is 1. The first-order valence-corrected chi connectivity index (χ1v) is 9.32. The molecule has 2 N–H and O–H groups in total. The molecule has 0 radical (unpaired) electrons. The normalized spacial score (nSPS) is 13.6. The summed E-state index contributed by atoms with van der Waals surface area (Å²) in [6, 6.07) is 9.51. The first-order valence-electron chi connectivity index (χ1n) is 8.45. The summed E-state index contributed by atoms with van der Waals surface area (Å²) in [5, 5.41) is 18.1. The zero-order valence-corrected chi connectivity index (χ0v) is 14.8. The molecule has 0 saturated carbocycles. The maximum absolute atomic E-state index is 11.9. The number of rotatable bonds is 7. The SMILES string of the molecule is N#Cc1ccc(-c2csc(NCCNCC(=O)N3CCCC3)n2)cc1. The Balaban J connectivity index is 1.39. The number of nitriles is 1. The molecule has 3 rings (SSSR count). The summed E-state index contributed by atoms with van der Waals surface area (Å²) in [6.45, 7) is 3.63. The number of nitrogens with zero attached hydrogens (tertiary/aromatic N) is 3. The molecule has 0 spiro atoms. The molecule has 0 bridgehead atoms. The van der Waals surface area contributed by atoms with Gasteiger partial charge in [-0.2, -0.15) is 5.26 Å². The van der Waals surface area contributed by atoms with E-state index in [9.17, 15) is 4.79 Å². The Morgan fingerprint density at radius 1 is 1.24 bits per heavy atom. The summed E-state index contributed by atoms with van der Waals surface area (Å²) in [5.74, 6) is 0.190. The molecule has 1 fully saturated rings. The van der Waals surface area contributed by atoms with E-state index in [1.54, 1.807) is 23.5 Å². The molecule has 7 heteroatoms. The van der Waals surface area contributed by atoms with Crippen molar-refractivity contribution in [3.05, 3.63) is 35.2 Å². The quantitative estimate of drug-likeness (QED) is 0.745. The van der Waals surface area contributed by atoms with Crippen molar-refractivity contribution >= 4 is 22.4 Å². The molecule has 1 amide bonds. The van der Waals surface area contributed by atoms with Crippen molar-refractivity contribution in [3.8, 4) is 17.3 Å². The molecule has 130 valence electrons. The number of carbonyl (C=O) groups excluding carboxylic acids is 1. The molecule has 0 atom stereocenters. The lowest BCUT2D eigenvalue weighted by Gasteiger charge is -2.15. The number of carbonyl (C=O) groups is 1. The molecule has 0 aliphatic carbocycles. The zero-order valence-electron chi connectivity index (χ0n) is 14.0. The highest BCUT2D eigenvalue weighted by Crippen LogP contribution is 2.24. The van der Waals surface area contributed by atoms with Gasteiger partial charge in [0.15, 0.2) is 5.13 Å². The molecule has 0 unspecified atom stereocenters. The summed E-state index contributed by atoms with van der Waals surface area (Å²) in [6.07, 6.45) is 2.25. The van der Waals surface area contributed by atoms with E-state index in [1.807, 2.05) is 22.4 Å². The number of aromatic nitrogens is 1. The first-order chi connectivity index (χ1) is 12.3. The van der Waals surface area contributed by atoms with Crippen molar-refractivity contribution < 1.29 is 4.79 Å². The van der Waals surface area contributed by atoms with Crippen LogP contribution in [0.2, 0.25) is 0 Å². The van der Waals surface area contributed by atoms with Gasteiger partial charge in [0.05, 0.1) is 23.9 Å². The third kappa shape index (κ3) is 4.78. The van der Waals surface area contributed by atoms with Crippen molar-refractivity contribution in [2.75, 3.05) is 38.0 Å². The van der Waals surface area contributed by atoms with Crippen molar-refractivity contribution in [2.24, 2.45) is 0 Å². The monoisotopic (exact) mass is 355 g/mol. The lowest BCUT2D eigenvalue weighted by molar-refractivity contribution is -0.129. The van der Waals surface area contributed by atoms with Gasteiger partial charge in [-0.3, -0.25) is 4.79 Å². The van der Waals surface area contributed by atoms with Gasteiger partial charge < -0.3 is 15.5 Å². The Bertz CT molecular complexity index is 744. The fourth-order valence-electron chi connectivity index (χ4n) is 2.73. The third-order valence-corrected chi connectivity index (χ3v) is 4.93. The number of amides is 1. The highest BCUT2D eigenvalue weighted by molar-refractivity contribution is 7.14. The maximum atomic E-state index is 11.9. The lowest BCUT2D eigenvalue weighted by Crippen LogP contribution is -2.37. The molecule has 1 aromatic carbocycles. The number of likely N-dealkylation sites (tertiary alicyclic amines) is 1. The van der Waals surface area contributed by atoms with Gasteiger partial charge in [0.2, 0.25) is 5.91 Å². The minimum absolute atomic E-state index is 0.190. The first kappa shape index (κ1) is 17.4. The summed E-state index contributed by atoms with van der Waals surface area (Å²) >= 11 is 1.55. The van der Waals surface area contributed by atoms with E-state index < -0.39 is 0 Å². The van der Waals surface area contributed by atoms with Gasteiger partial charge in [0.1, 0.15) is 0 Å². The van der Waals surface area contributed by atoms with Crippen molar-refractivity contribution in [2.45, 2.75) is 12.8 Å². The van der Waals surface area contributed by atoms with Crippen LogP contribution in [0.15, 0.2) is 29.6 Å². The van der Waals surface area contributed by atoms with Crippen LogP contribution in [0.25, 0.3) is 11.3 Å². The van der Waals surface area contributed by atoms with Crippen LogP contribution in [0.3, 0.4) is 0 Å². The van der Waals surface area contributed by atoms with Crippen LogP contribution < -0.4 is 10.6 Å². The highest BCUT2D eigenvalue weighted by atomic mass is 32.1. The van der Waals surface area contributed by atoms with E-state index >= 15 is 0 Å². The Morgan fingerprint density at radius 2 is 2.00 bits per heavy atom. The van der Waals surface area contributed by atoms with Crippen LogP contribution in [0.5, 0.6) is 0 Å². The Hall–Kier alpha value is -2.43. The Labute approximate surface area is 151 Å². The molecule has 1 aliphatic rings. The van der Waals surface area contributed by atoms with Gasteiger partial charge in [-0.15, -0.1) is 11.3 Å². The van der Waals surface area contributed by atoms with Crippen LogP contribution in [-0.2, 0) is 4.79 Å². The predicted octanol–water partition coefficient (Wildman–Crippen LogP) is 2.31. The number of hydrogen-bond donors (Lipinski definition) is 2. The average molecular weight is 355 g/mol.